The Morgan fingerprint density at radius 2 is 1.33 bits per heavy atom. The van der Waals surface area contributed by atoms with E-state index in [9.17, 15) is 14.7 Å². The number of rotatable bonds is 15. The maximum atomic E-state index is 14.3. The van der Waals surface area contributed by atoms with Crippen LogP contribution in [0.2, 0.25) is 0 Å². The second-order valence-corrected chi connectivity index (χ2v) is 14.4. The van der Waals surface area contributed by atoms with E-state index >= 15 is 0 Å². The molecule has 54 heavy (non-hydrogen) atoms. The maximum Gasteiger partial charge on any atom is 0.231 e. The van der Waals surface area contributed by atoms with Crippen molar-refractivity contribution < 1.29 is 24.2 Å². The third-order valence-corrected chi connectivity index (χ3v) is 10.6. The number of aryl methyl sites for hydroxylation is 1. The Balaban J connectivity index is 1.05. The number of amides is 2. The number of aliphatic hydroxyl groups is 1. The summed E-state index contributed by atoms with van der Waals surface area (Å²) in [5.41, 5.74) is 6.41. The minimum Gasteiger partial charge on any atom is -0.454 e. The number of benzene rings is 5. The van der Waals surface area contributed by atoms with E-state index in [-0.39, 0.29) is 44.0 Å². The lowest BCUT2D eigenvalue weighted by atomic mass is 9.97. The molecular weight excluding hydrogens is 675 g/mol. The zero-order valence-corrected chi connectivity index (χ0v) is 30.7. The van der Waals surface area contributed by atoms with Crippen LogP contribution in [0.3, 0.4) is 0 Å². The fraction of sp³-hybridized carbons (Fsp3) is 0.304. The quantitative estimate of drug-likeness (QED) is 0.123. The molecule has 1 saturated heterocycles. The Hall–Kier alpha value is -5.44. The summed E-state index contributed by atoms with van der Waals surface area (Å²) in [4.78, 5) is 32.1. The molecule has 2 amide bonds. The van der Waals surface area contributed by atoms with Gasteiger partial charge in [-0.05, 0) is 71.2 Å². The average molecular weight is 724 g/mol. The zero-order valence-electron chi connectivity index (χ0n) is 30.7. The van der Waals surface area contributed by atoms with E-state index in [1.165, 1.54) is 5.56 Å². The van der Waals surface area contributed by atoms with Crippen LogP contribution in [0.4, 0.5) is 0 Å². The van der Waals surface area contributed by atoms with Crippen molar-refractivity contribution in [1.29, 1.82) is 0 Å². The summed E-state index contributed by atoms with van der Waals surface area (Å²) in [5.74, 6) is 1.22. The van der Waals surface area contributed by atoms with Gasteiger partial charge >= 0.3 is 0 Å². The number of nitrogens with zero attached hydrogens (tertiary/aromatic N) is 2. The molecule has 2 aliphatic heterocycles. The highest BCUT2D eigenvalue weighted by Crippen LogP contribution is 2.33. The van der Waals surface area contributed by atoms with E-state index in [0.717, 1.165) is 60.3 Å². The molecule has 2 heterocycles. The molecule has 2 N–H and O–H groups in total. The van der Waals surface area contributed by atoms with Gasteiger partial charge in [-0.15, -0.1) is 0 Å². The first kappa shape index (κ1) is 36.9. The molecule has 8 heteroatoms. The summed E-state index contributed by atoms with van der Waals surface area (Å²) >= 11 is 0. The number of carbonyl (C=O) groups is 2. The Kier molecular flexibility index (Phi) is 12.3. The van der Waals surface area contributed by atoms with Crippen LogP contribution in [0.1, 0.15) is 41.5 Å². The SMILES string of the molecule is O=C(CCc1ccc2c(c1)OCO2)N[C@@H](Cc1ccccc1)[C@@H](O)CN(C(=O)Cc1ccc(-c2ccccc2)cc1)C1CCN(Cc2ccccc2)CC1. The lowest BCUT2D eigenvalue weighted by Gasteiger charge is -2.40. The molecule has 2 aliphatic rings. The summed E-state index contributed by atoms with van der Waals surface area (Å²) in [6.07, 6.45) is 2.08. The minimum absolute atomic E-state index is 0.0179. The van der Waals surface area contributed by atoms with Crippen molar-refractivity contribution in [3.05, 3.63) is 156 Å². The molecule has 2 atom stereocenters. The number of nitrogens with one attached hydrogen (secondary N) is 1. The predicted molar refractivity (Wildman–Crippen MR) is 211 cm³/mol. The Morgan fingerprint density at radius 1 is 0.722 bits per heavy atom. The first-order valence-corrected chi connectivity index (χ1v) is 19.1. The van der Waals surface area contributed by atoms with E-state index in [0.29, 0.717) is 24.3 Å². The second kappa shape index (κ2) is 18.1. The van der Waals surface area contributed by atoms with Gasteiger partial charge in [0.25, 0.3) is 0 Å². The van der Waals surface area contributed by atoms with Crippen molar-refractivity contribution in [3.63, 3.8) is 0 Å². The van der Waals surface area contributed by atoms with Gasteiger partial charge in [-0.3, -0.25) is 14.5 Å². The van der Waals surface area contributed by atoms with Gasteiger partial charge in [0.05, 0.1) is 18.6 Å². The van der Waals surface area contributed by atoms with Crippen LogP contribution in [-0.2, 0) is 35.4 Å². The molecule has 0 spiro atoms. The summed E-state index contributed by atoms with van der Waals surface area (Å²) in [7, 11) is 0. The number of carbonyl (C=O) groups excluding carboxylic acids is 2. The Bertz CT molecular complexity index is 1950. The normalized spacial score (nSPS) is 15.4. The monoisotopic (exact) mass is 723 g/mol. The van der Waals surface area contributed by atoms with Crippen LogP contribution >= 0.6 is 0 Å². The smallest absolute Gasteiger partial charge is 0.231 e. The fourth-order valence-corrected chi connectivity index (χ4v) is 7.52. The van der Waals surface area contributed by atoms with Crippen LogP contribution in [0, 0.1) is 0 Å². The van der Waals surface area contributed by atoms with Gasteiger partial charge < -0.3 is 24.8 Å². The molecule has 0 bridgehead atoms. The van der Waals surface area contributed by atoms with Crippen molar-refractivity contribution in [3.8, 4) is 22.6 Å². The molecule has 278 valence electrons. The number of aliphatic hydroxyl groups excluding tert-OH is 1. The summed E-state index contributed by atoms with van der Waals surface area (Å²) in [6.45, 7) is 2.91. The van der Waals surface area contributed by atoms with Crippen LogP contribution in [0.15, 0.2) is 133 Å². The third-order valence-electron chi connectivity index (χ3n) is 10.6. The molecular formula is C46H49N3O5. The highest BCUT2D eigenvalue weighted by molar-refractivity contribution is 5.80. The molecule has 0 unspecified atom stereocenters. The maximum absolute atomic E-state index is 14.3. The molecule has 1 fully saturated rings. The lowest BCUT2D eigenvalue weighted by Crippen LogP contribution is -2.55. The van der Waals surface area contributed by atoms with Gasteiger partial charge in [0, 0.05) is 38.6 Å². The lowest BCUT2D eigenvalue weighted by molar-refractivity contribution is -0.136. The van der Waals surface area contributed by atoms with Gasteiger partial charge in [0.1, 0.15) is 0 Å². The molecule has 0 aromatic heterocycles. The van der Waals surface area contributed by atoms with Crippen LogP contribution in [0.25, 0.3) is 11.1 Å². The number of fused-ring (bicyclic) bond motifs is 1. The van der Waals surface area contributed by atoms with Crippen LogP contribution in [0.5, 0.6) is 11.5 Å². The fourth-order valence-electron chi connectivity index (χ4n) is 7.52. The van der Waals surface area contributed by atoms with E-state index in [4.69, 9.17) is 9.47 Å². The summed E-state index contributed by atoms with van der Waals surface area (Å²) < 4.78 is 10.9. The molecule has 0 radical (unpaired) electrons. The van der Waals surface area contributed by atoms with Gasteiger partial charge in [0.2, 0.25) is 18.6 Å². The molecule has 5 aromatic carbocycles. The number of likely N-dealkylation sites (tertiary alicyclic amines) is 1. The Morgan fingerprint density at radius 3 is 2.04 bits per heavy atom. The second-order valence-electron chi connectivity index (χ2n) is 14.4. The number of piperidine rings is 1. The first-order valence-electron chi connectivity index (χ1n) is 19.1. The number of hydrogen-bond acceptors (Lipinski definition) is 6. The summed E-state index contributed by atoms with van der Waals surface area (Å²) in [6, 6.07) is 43.8. The van der Waals surface area contributed by atoms with Gasteiger partial charge in [0.15, 0.2) is 11.5 Å². The Labute approximate surface area is 318 Å². The molecule has 7 rings (SSSR count). The van der Waals surface area contributed by atoms with Gasteiger partial charge in [-0.25, -0.2) is 0 Å². The molecule has 0 aliphatic carbocycles. The number of ether oxygens (including phenoxy) is 2. The van der Waals surface area contributed by atoms with Crippen molar-refractivity contribution in [2.45, 2.75) is 63.3 Å². The standard InChI is InChI=1S/C46H49N3O5/c50-42(41(28-34-10-4-1-5-11-34)47-45(51)23-19-35-18-22-43-44(29-35)54-33-53-43)32-49(40-24-26-48(27-25-40)31-37-12-6-2-7-13-37)46(52)30-36-16-20-39(21-17-36)38-14-8-3-9-15-38/h1-18,20-22,29,40-42,50H,19,23-28,30-33H2,(H,47,51)/t41-,42-/m0/s1. The van der Waals surface area contributed by atoms with Crippen molar-refractivity contribution in [2.75, 3.05) is 26.4 Å². The van der Waals surface area contributed by atoms with E-state index in [1.54, 1.807) is 0 Å². The molecule has 0 saturated carbocycles. The third kappa shape index (κ3) is 9.95. The largest absolute Gasteiger partial charge is 0.454 e. The van der Waals surface area contributed by atoms with E-state index in [1.807, 2.05) is 89.8 Å². The first-order chi connectivity index (χ1) is 26.5. The van der Waals surface area contributed by atoms with Crippen LogP contribution in [-0.4, -0.2) is 71.3 Å². The van der Waals surface area contributed by atoms with Gasteiger partial charge in [-0.2, -0.15) is 0 Å². The van der Waals surface area contributed by atoms with Crippen molar-refractivity contribution in [1.82, 2.24) is 15.1 Å². The van der Waals surface area contributed by atoms with Crippen molar-refractivity contribution >= 4 is 11.8 Å². The average Bonchev–Trinajstić information content (AvgIpc) is 3.69. The minimum atomic E-state index is -0.980. The molecule has 5 aromatic rings. The van der Waals surface area contributed by atoms with E-state index < -0.39 is 12.1 Å². The topological polar surface area (TPSA) is 91.3 Å². The highest BCUT2D eigenvalue weighted by atomic mass is 16.7. The van der Waals surface area contributed by atoms with E-state index in [2.05, 4.69) is 58.7 Å². The van der Waals surface area contributed by atoms with Gasteiger partial charge in [-0.1, -0.05) is 121 Å². The predicted octanol–water partition coefficient (Wildman–Crippen LogP) is 6.84. The highest BCUT2D eigenvalue weighted by Gasteiger charge is 2.32. The molecule has 8 nitrogen and oxygen atoms in total. The zero-order chi connectivity index (χ0) is 37.1. The van der Waals surface area contributed by atoms with Crippen molar-refractivity contribution in [2.24, 2.45) is 0 Å². The summed E-state index contributed by atoms with van der Waals surface area (Å²) in [5, 5.41) is 15.1. The number of hydrogen-bond donors (Lipinski definition) is 2. The van der Waals surface area contributed by atoms with Crippen LogP contribution < -0.4 is 14.8 Å².